The number of methoxy groups -OCH3 is 1. The molecule has 0 radical (unpaired) electrons. The average Bonchev–Trinajstić information content (AvgIpc) is 3.31. The van der Waals surface area contributed by atoms with Crippen LogP contribution >= 0.6 is 0 Å². The molecule has 1 atom stereocenters. The average molecular weight is 447 g/mol. The van der Waals surface area contributed by atoms with Crippen molar-refractivity contribution in [3.05, 3.63) is 41.0 Å². The molecule has 2 saturated heterocycles. The van der Waals surface area contributed by atoms with E-state index in [-0.39, 0.29) is 12.3 Å². The van der Waals surface area contributed by atoms with Gasteiger partial charge >= 0.3 is 5.97 Å². The third-order valence-electron chi connectivity index (χ3n) is 6.30. The fourth-order valence-corrected chi connectivity index (χ4v) is 4.54. The molecule has 0 spiro atoms. The van der Waals surface area contributed by atoms with Crippen molar-refractivity contribution in [1.82, 2.24) is 10.1 Å². The van der Waals surface area contributed by atoms with Crippen LogP contribution in [0.25, 0.3) is 6.08 Å². The number of ether oxygens (including phenoxy) is 2. The number of carbonyl (C=O) groups excluding carboxylic acids is 2. The van der Waals surface area contributed by atoms with Crippen molar-refractivity contribution >= 4 is 18.0 Å². The van der Waals surface area contributed by atoms with Crippen molar-refractivity contribution in [2.45, 2.75) is 57.8 Å². The van der Waals surface area contributed by atoms with Crippen molar-refractivity contribution in [3.63, 3.8) is 0 Å². The number of rotatable bonds is 8. The smallest absolute Gasteiger partial charge is 0.334 e. The summed E-state index contributed by atoms with van der Waals surface area (Å²) < 4.78 is 10.8. The number of nitrogens with zero attached hydrogens (tertiary/aromatic N) is 2. The van der Waals surface area contributed by atoms with E-state index in [4.69, 9.17) is 19.1 Å². The van der Waals surface area contributed by atoms with Gasteiger partial charge in [0.15, 0.2) is 11.8 Å². The SMILES string of the molecule is C=Cc1cc(C)cc(C)c1CC(=O)N(OC1CCCO1)C1(C(=O)OC)CCN(OC)CC1. The molecule has 0 bridgehead atoms. The van der Waals surface area contributed by atoms with Gasteiger partial charge in [-0.1, -0.05) is 30.4 Å². The van der Waals surface area contributed by atoms with Gasteiger partial charge in [0.05, 0.1) is 27.2 Å². The molecule has 2 aliphatic rings. The van der Waals surface area contributed by atoms with Crippen molar-refractivity contribution in [1.29, 1.82) is 0 Å². The minimum absolute atomic E-state index is 0.0763. The minimum Gasteiger partial charge on any atom is -0.467 e. The highest BCUT2D eigenvalue weighted by molar-refractivity contribution is 5.89. The van der Waals surface area contributed by atoms with E-state index in [0.29, 0.717) is 39.0 Å². The van der Waals surface area contributed by atoms with Crippen LogP contribution in [-0.2, 0) is 35.2 Å². The van der Waals surface area contributed by atoms with E-state index in [1.54, 1.807) is 18.2 Å². The number of carbonyl (C=O) groups is 2. The summed E-state index contributed by atoms with van der Waals surface area (Å²) in [5, 5.41) is 3.00. The van der Waals surface area contributed by atoms with Crippen LogP contribution in [0.15, 0.2) is 18.7 Å². The fourth-order valence-electron chi connectivity index (χ4n) is 4.54. The maximum Gasteiger partial charge on any atom is 0.334 e. The fraction of sp³-hybridized carbons (Fsp3) is 0.583. The molecular formula is C24H34N2O6. The molecule has 1 aromatic rings. The van der Waals surface area contributed by atoms with E-state index in [1.165, 1.54) is 12.2 Å². The molecule has 1 unspecified atom stereocenters. The van der Waals surface area contributed by atoms with Crippen LogP contribution < -0.4 is 0 Å². The number of piperidine rings is 1. The van der Waals surface area contributed by atoms with Crippen LogP contribution in [0.5, 0.6) is 0 Å². The summed E-state index contributed by atoms with van der Waals surface area (Å²) >= 11 is 0. The lowest BCUT2D eigenvalue weighted by molar-refractivity contribution is -0.299. The van der Waals surface area contributed by atoms with Crippen molar-refractivity contribution in [2.24, 2.45) is 0 Å². The Labute approximate surface area is 190 Å². The van der Waals surface area contributed by atoms with Crippen LogP contribution in [0.1, 0.15) is 47.9 Å². The molecule has 2 aliphatic heterocycles. The van der Waals surface area contributed by atoms with Crippen LogP contribution in [0, 0.1) is 13.8 Å². The number of hydrogen-bond donors (Lipinski definition) is 0. The highest BCUT2D eigenvalue weighted by Gasteiger charge is 2.52. The second kappa shape index (κ2) is 10.6. The van der Waals surface area contributed by atoms with Crippen LogP contribution in [-0.4, -0.2) is 67.7 Å². The third-order valence-corrected chi connectivity index (χ3v) is 6.30. The Kier molecular flexibility index (Phi) is 8.05. The van der Waals surface area contributed by atoms with Gasteiger partial charge in [0.25, 0.3) is 5.91 Å². The number of amides is 1. The summed E-state index contributed by atoms with van der Waals surface area (Å²) in [5.74, 6) is -0.809. The summed E-state index contributed by atoms with van der Waals surface area (Å²) in [6.07, 6.45) is 3.41. The van der Waals surface area contributed by atoms with E-state index in [9.17, 15) is 9.59 Å². The monoisotopic (exact) mass is 446 g/mol. The predicted molar refractivity (Wildman–Crippen MR) is 119 cm³/mol. The lowest BCUT2D eigenvalue weighted by atomic mass is 9.86. The van der Waals surface area contributed by atoms with Gasteiger partial charge in [0.1, 0.15) is 0 Å². The largest absolute Gasteiger partial charge is 0.467 e. The molecule has 8 heteroatoms. The highest BCUT2D eigenvalue weighted by atomic mass is 16.8. The van der Waals surface area contributed by atoms with Crippen LogP contribution in [0.4, 0.5) is 0 Å². The Hall–Kier alpha value is -2.26. The maximum absolute atomic E-state index is 13.7. The van der Waals surface area contributed by atoms with E-state index in [0.717, 1.165) is 28.7 Å². The Morgan fingerprint density at radius 1 is 1.28 bits per heavy atom. The molecule has 0 aromatic heterocycles. The van der Waals surface area contributed by atoms with Gasteiger partial charge in [0, 0.05) is 19.5 Å². The number of esters is 1. The zero-order valence-electron chi connectivity index (χ0n) is 19.5. The summed E-state index contributed by atoms with van der Waals surface area (Å²) in [6, 6.07) is 4.04. The molecule has 0 N–H and O–H groups in total. The van der Waals surface area contributed by atoms with Crippen molar-refractivity contribution in [2.75, 3.05) is 33.9 Å². The summed E-state index contributed by atoms with van der Waals surface area (Å²) in [4.78, 5) is 38.2. The molecule has 2 fully saturated rings. The molecule has 1 amide bonds. The quantitative estimate of drug-likeness (QED) is 0.449. The zero-order valence-corrected chi connectivity index (χ0v) is 19.5. The summed E-state index contributed by atoms with van der Waals surface area (Å²) in [7, 11) is 2.93. The first-order chi connectivity index (χ1) is 15.3. The third kappa shape index (κ3) is 5.04. The number of hydrogen-bond acceptors (Lipinski definition) is 7. The molecule has 32 heavy (non-hydrogen) atoms. The van der Waals surface area contributed by atoms with E-state index >= 15 is 0 Å². The van der Waals surface area contributed by atoms with Crippen LogP contribution in [0.3, 0.4) is 0 Å². The first-order valence-corrected chi connectivity index (χ1v) is 11.1. The molecule has 0 saturated carbocycles. The standard InChI is InChI=1S/C24H34N2O6/c1-6-19-15-17(2)14-18(3)20(19)16-21(27)26(32-22-8-7-13-31-22)24(23(28)29-4)9-11-25(30-5)12-10-24/h6,14-15,22H,1,7-13,16H2,2-5H3. The van der Waals surface area contributed by atoms with Gasteiger partial charge in [0.2, 0.25) is 0 Å². The van der Waals surface area contributed by atoms with Gasteiger partial charge in [-0.2, -0.15) is 5.06 Å². The summed E-state index contributed by atoms with van der Waals surface area (Å²) in [5.41, 5.74) is 2.60. The second-order valence-electron chi connectivity index (χ2n) is 8.40. The summed E-state index contributed by atoms with van der Waals surface area (Å²) in [6.45, 7) is 9.37. The lowest BCUT2D eigenvalue weighted by Gasteiger charge is -2.45. The molecule has 3 rings (SSSR count). The Morgan fingerprint density at radius 2 is 2.00 bits per heavy atom. The topological polar surface area (TPSA) is 77.5 Å². The number of aryl methyl sites for hydroxylation is 2. The zero-order chi connectivity index (χ0) is 23.3. The second-order valence-corrected chi connectivity index (χ2v) is 8.40. The van der Waals surface area contributed by atoms with Gasteiger partial charge in [-0.25, -0.2) is 14.7 Å². The minimum atomic E-state index is -1.25. The highest BCUT2D eigenvalue weighted by Crippen LogP contribution is 2.34. The number of hydroxylamine groups is 4. The van der Waals surface area contributed by atoms with Crippen molar-refractivity contribution < 1.29 is 28.7 Å². The first kappa shape index (κ1) is 24.4. The molecule has 0 aliphatic carbocycles. The molecule has 8 nitrogen and oxygen atoms in total. The maximum atomic E-state index is 13.7. The first-order valence-electron chi connectivity index (χ1n) is 11.1. The molecule has 1 aromatic carbocycles. The van der Waals surface area contributed by atoms with Gasteiger partial charge in [-0.3, -0.25) is 4.79 Å². The normalized spacial score (nSPS) is 20.7. The molecule has 176 valence electrons. The Bertz CT molecular complexity index is 841. The predicted octanol–water partition coefficient (Wildman–Crippen LogP) is 2.95. The van der Waals surface area contributed by atoms with Gasteiger partial charge in [-0.15, -0.1) is 0 Å². The van der Waals surface area contributed by atoms with Crippen molar-refractivity contribution in [3.8, 4) is 0 Å². The number of benzene rings is 1. The van der Waals surface area contributed by atoms with E-state index in [1.807, 2.05) is 26.0 Å². The van der Waals surface area contributed by atoms with Gasteiger partial charge in [-0.05, 0) is 49.8 Å². The Morgan fingerprint density at radius 3 is 2.56 bits per heavy atom. The van der Waals surface area contributed by atoms with E-state index < -0.39 is 17.8 Å². The van der Waals surface area contributed by atoms with Gasteiger partial charge < -0.3 is 14.3 Å². The lowest BCUT2D eigenvalue weighted by Crippen LogP contribution is -2.63. The van der Waals surface area contributed by atoms with E-state index in [2.05, 4.69) is 6.58 Å². The Balaban J connectivity index is 1.96. The molecular weight excluding hydrogens is 412 g/mol. The molecule has 2 heterocycles. The van der Waals surface area contributed by atoms with Crippen LogP contribution in [0.2, 0.25) is 0 Å².